The maximum atomic E-state index is 9.44. The van der Waals surface area contributed by atoms with Crippen molar-refractivity contribution in [1.29, 1.82) is 0 Å². The fourth-order valence-corrected chi connectivity index (χ4v) is 2.03. The minimum absolute atomic E-state index is 0.159. The van der Waals surface area contributed by atoms with Gasteiger partial charge in [0.05, 0.1) is 6.61 Å². The molecule has 0 aliphatic carbocycles. The van der Waals surface area contributed by atoms with Gasteiger partial charge in [-0.2, -0.15) is 0 Å². The van der Waals surface area contributed by atoms with Crippen LogP contribution in [0.25, 0.3) is 0 Å². The lowest BCUT2D eigenvalue weighted by molar-refractivity contribution is 0.162. The summed E-state index contributed by atoms with van der Waals surface area (Å²) in [7, 11) is 0. The van der Waals surface area contributed by atoms with Crippen molar-refractivity contribution in [1.82, 2.24) is 14.9 Å². The Morgan fingerprint density at radius 2 is 2.24 bits per heavy atom. The van der Waals surface area contributed by atoms with Gasteiger partial charge in [-0.1, -0.05) is 20.8 Å². The summed E-state index contributed by atoms with van der Waals surface area (Å²) < 4.78 is 2.18. The van der Waals surface area contributed by atoms with Gasteiger partial charge in [-0.05, 0) is 19.9 Å². The number of nitrogens with one attached hydrogen (secondary N) is 1. The second-order valence-electron chi connectivity index (χ2n) is 5.13. The molecule has 1 aromatic rings. The van der Waals surface area contributed by atoms with Gasteiger partial charge in [0.25, 0.3) is 0 Å². The molecule has 2 N–H and O–H groups in total. The van der Waals surface area contributed by atoms with Crippen molar-refractivity contribution < 1.29 is 5.11 Å². The van der Waals surface area contributed by atoms with Gasteiger partial charge in [0.2, 0.25) is 0 Å². The normalized spacial score (nSPS) is 15.2. The first kappa shape index (κ1) is 14.2. The number of rotatable bonds is 7. The molecule has 1 rings (SSSR count). The van der Waals surface area contributed by atoms with Crippen LogP contribution in [0.1, 0.15) is 45.9 Å². The van der Waals surface area contributed by atoms with Gasteiger partial charge in [-0.15, -0.1) is 0 Å². The van der Waals surface area contributed by atoms with E-state index < -0.39 is 0 Å². The van der Waals surface area contributed by atoms with E-state index in [1.54, 1.807) is 0 Å². The van der Waals surface area contributed by atoms with Crippen LogP contribution in [0, 0.1) is 0 Å². The predicted octanol–water partition coefficient (Wildman–Crippen LogP) is 1.76. The highest BCUT2D eigenvalue weighted by molar-refractivity contribution is 4.98. The maximum absolute atomic E-state index is 9.44. The van der Waals surface area contributed by atoms with Gasteiger partial charge in [0.1, 0.15) is 5.82 Å². The smallest absolute Gasteiger partial charge is 0.111 e. The average molecular weight is 239 g/mol. The molecule has 0 aromatic carbocycles. The van der Waals surface area contributed by atoms with Gasteiger partial charge in [-0.25, -0.2) is 4.98 Å². The SMILES string of the molecule is CCNC(C)(CO)CCn1ccnc1C(C)C. The van der Waals surface area contributed by atoms with E-state index in [0.29, 0.717) is 5.92 Å². The Kier molecular flexibility index (Phi) is 5.15. The van der Waals surface area contributed by atoms with Crippen molar-refractivity contribution >= 4 is 0 Å². The van der Waals surface area contributed by atoms with E-state index in [9.17, 15) is 5.11 Å². The molecule has 0 aliphatic heterocycles. The predicted molar refractivity (Wildman–Crippen MR) is 70.1 cm³/mol. The van der Waals surface area contributed by atoms with Gasteiger partial charge in [0, 0.05) is 30.4 Å². The highest BCUT2D eigenvalue weighted by Crippen LogP contribution is 2.15. The molecule has 0 saturated carbocycles. The van der Waals surface area contributed by atoms with Crippen LogP contribution in [0.4, 0.5) is 0 Å². The zero-order valence-corrected chi connectivity index (χ0v) is 11.4. The number of hydrogen-bond acceptors (Lipinski definition) is 3. The van der Waals surface area contributed by atoms with Crippen LogP contribution >= 0.6 is 0 Å². The molecule has 0 bridgehead atoms. The number of aryl methyl sites for hydroxylation is 1. The van der Waals surface area contributed by atoms with Crippen molar-refractivity contribution in [3.05, 3.63) is 18.2 Å². The van der Waals surface area contributed by atoms with Crippen molar-refractivity contribution in [3.63, 3.8) is 0 Å². The van der Waals surface area contributed by atoms with Gasteiger partial charge in [0.15, 0.2) is 0 Å². The van der Waals surface area contributed by atoms with Crippen molar-refractivity contribution in [2.75, 3.05) is 13.2 Å². The Hall–Kier alpha value is -0.870. The highest BCUT2D eigenvalue weighted by atomic mass is 16.3. The zero-order valence-electron chi connectivity index (χ0n) is 11.4. The molecule has 17 heavy (non-hydrogen) atoms. The molecule has 0 amide bonds. The van der Waals surface area contributed by atoms with Crippen molar-refractivity contribution in [2.45, 2.75) is 52.1 Å². The molecule has 4 heteroatoms. The fourth-order valence-electron chi connectivity index (χ4n) is 2.03. The number of aromatic nitrogens is 2. The van der Waals surface area contributed by atoms with Crippen LogP contribution in [0.5, 0.6) is 0 Å². The molecule has 0 saturated heterocycles. The summed E-state index contributed by atoms with van der Waals surface area (Å²) in [5, 5.41) is 12.8. The zero-order chi connectivity index (χ0) is 12.9. The maximum Gasteiger partial charge on any atom is 0.111 e. The first-order chi connectivity index (χ1) is 8.02. The van der Waals surface area contributed by atoms with E-state index in [4.69, 9.17) is 0 Å². The van der Waals surface area contributed by atoms with Gasteiger partial charge < -0.3 is 15.0 Å². The Balaban J connectivity index is 2.62. The van der Waals surface area contributed by atoms with Crippen molar-refractivity contribution in [3.8, 4) is 0 Å². The lowest BCUT2D eigenvalue weighted by atomic mass is 9.99. The molecule has 0 spiro atoms. The third kappa shape index (κ3) is 3.82. The van der Waals surface area contributed by atoms with E-state index >= 15 is 0 Å². The number of nitrogens with zero attached hydrogens (tertiary/aromatic N) is 2. The minimum atomic E-state index is -0.201. The Labute approximate surface area is 104 Å². The fraction of sp³-hybridized carbons (Fsp3) is 0.769. The summed E-state index contributed by atoms with van der Waals surface area (Å²) in [5.74, 6) is 1.55. The van der Waals surface area contributed by atoms with Gasteiger partial charge in [-0.3, -0.25) is 0 Å². The minimum Gasteiger partial charge on any atom is -0.394 e. The summed E-state index contributed by atoms with van der Waals surface area (Å²) in [6, 6.07) is 0. The summed E-state index contributed by atoms with van der Waals surface area (Å²) >= 11 is 0. The second-order valence-corrected chi connectivity index (χ2v) is 5.13. The van der Waals surface area contributed by atoms with Crippen molar-refractivity contribution in [2.24, 2.45) is 0 Å². The van der Waals surface area contributed by atoms with Crippen LogP contribution in [0.2, 0.25) is 0 Å². The third-order valence-corrected chi connectivity index (χ3v) is 3.12. The first-order valence-corrected chi connectivity index (χ1v) is 6.39. The molecule has 1 aromatic heterocycles. The highest BCUT2D eigenvalue weighted by Gasteiger charge is 2.22. The molecule has 1 unspecified atom stereocenters. The molecule has 1 heterocycles. The Morgan fingerprint density at radius 3 is 2.76 bits per heavy atom. The van der Waals surface area contributed by atoms with E-state index in [0.717, 1.165) is 25.3 Å². The second kappa shape index (κ2) is 6.17. The number of hydrogen-bond donors (Lipinski definition) is 2. The summed E-state index contributed by atoms with van der Waals surface area (Å²) in [6.45, 7) is 10.3. The monoisotopic (exact) mass is 239 g/mol. The number of aliphatic hydroxyl groups excluding tert-OH is 1. The molecular formula is C13H25N3O. The lowest BCUT2D eigenvalue weighted by Crippen LogP contribution is -2.46. The Bertz CT molecular complexity index is 335. The third-order valence-electron chi connectivity index (χ3n) is 3.12. The number of imidazole rings is 1. The Morgan fingerprint density at radius 1 is 1.53 bits per heavy atom. The molecule has 4 nitrogen and oxygen atoms in total. The van der Waals surface area contributed by atoms with Crippen LogP contribution in [0.3, 0.4) is 0 Å². The van der Waals surface area contributed by atoms with Crippen LogP contribution in [-0.2, 0) is 6.54 Å². The van der Waals surface area contributed by atoms with E-state index in [1.807, 2.05) is 12.4 Å². The molecule has 0 radical (unpaired) electrons. The van der Waals surface area contributed by atoms with Crippen LogP contribution in [0.15, 0.2) is 12.4 Å². The average Bonchev–Trinajstić information content (AvgIpc) is 2.75. The molecule has 98 valence electrons. The van der Waals surface area contributed by atoms with Gasteiger partial charge >= 0.3 is 0 Å². The molecular weight excluding hydrogens is 214 g/mol. The summed E-state index contributed by atoms with van der Waals surface area (Å²) in [5.41, 5.74) is -0.201. The van der Waals surface area contributed by atoms with Crippen LogP contribution < -0.4 is 5.32 Å². The standard InChI is InChI=1S/C13H25N3O/c1-5-15-13(4,10-17)6-8-16-9-7-14-12(16)11(2)3/h7,9,11,15,17H,5-6,8,10H2,1-4H3. The van der Waals surface area contributed by atoms with E-state index in [1.165, 1.54) is 0 Å². The van der Waals surface area contributed by atoms with E-state index in [2.05, 4.69) is 42.6 Å². The number of likely N-dealkylation sites (N-methyl/N-ethyl adjacent to an activating group) is 1. The molecule has 1 atom stereocenters. The molecule has 0 aliphatic rings. The largest absolute Gasteiger partial charge is 0.394 e. The quantitative estimate of drug-likeness (QED) is 0.762. The topological polar surface area (TPSA) is 50.1 Å². The first-order valence-electron chi connectivity index (χ1n) is 6.39. The van der Waals surface area contributed by atoms with E-state index in [-0.39, 0.29) is 12.1 Å². The summed E-state index contributed by atoms with van der Waals surface area (Å²) in [6.07, 6.45) is 4.76. The summed E-state index contributed by atoms with van der Waals surface area (Å²) in [4.78, 5) is 4.37. The molecule has 0 fully saturated rings. The van der Waals surface area contributed by atoms with Crippen LogP contribution in [-0.4, -0.2) is 33.3 Å². The number of aliphatic hydroxyl groups is 1. The lowest BCUT2D eigenvalue weighted by Gasteiger charge is -2.28.